The molecular weight excluding hydrogens is 701 g/mol. The average Bonchev–Trinajstić information content (AvgIpc) is 3.59. The largest absolute Gasteiger partial charge is 0.398 e. The van der Waals surface area contributed by atoms with Crippen molar-refractivity contribution in [3.63, 3.8) is 0 Å². The van der Waals surface area contributed by atoms with Crippen LogP contribution in [0.5, 0.6) is 0 Å². The molecule has 0 saturated carbocycles. The summed E-state index contributed by atoms with van der Waals surface area (Å²) < 4.78 is 0. The number of hydrogen-bond donors (Lipinski definition) is 1. The zero-order valence-corrected chi connectivity index (χ0v) is 33.2. The normalized spacial score (nSPS) is 17.8. The van der Waals surface area contributed by atoms with Crippen LogP contribution in [0.4, 0.5) is 0 Å². The summed E-state index contributed by atoms with van der Waals surface area (Å²) >= 11 is 0. The van der Waals surface area contributed by atoms with Crippen molar-refractivity contribution in [2.75, 3.05) is 6.54 Å². The smallest absolute Gasteiger partial charge is 0.0710 e. The van der Waals surface area contributed by atoms with Crippen molar-refractivity contribution in [3.05, 3.63) is 234 Å². The first kappa shape index (κ1) is 36.8. The van der Waals surface area contributed by atoms with E-state index in [2.05, 4.69) is 196 Å². The first-order valence-electron chi connectivity index (χ1n) is 20.6. The van der Waals surface area contributed by atoms with Gasteiger partial charge in [0.1, 0.15) is 0 Å². The van der Waals surface area contributed by atoms with Gasteiger partial charge in [-0.15, -0.1) is 0 Å². The molecular formula is C56H48N2. The van der Waals surface area contributed by atoms with E-state index in [1.807, 2.05) is 6.08 Å². The average molecular weight is 749 g/mol. The fraction of sp³-hybridized carbons (Fsp3) is 0.125. The Hall–Kier alpha value is -6.77. The highest BCUT2D eigenvalue weighted by Crippen LogP contribution is 2.59. The van der Waals surface area contributed by atoms with Crippen LogP contribution >= 0.6 is 0 Å². The molecule has 0 radical (unpaired) electrons. The fourth-order valence-corrected chi connectivity index (χ4v) is 9.31. The van der Waals surface area contributed by atoms with Crippen molar-refractivity contribution < 1.29 is 0 Å². The fourth-order valence-electron chi connectivity index (χ4n) is 9.31. The Morgan fingerprint density at radius 1 is 0.724 bits per heavy atom. The SMILES string of the molecule is C=C/C(=C\C)C1(c2ccccc2)c2ccccc2-c2c1cc(-c1cccc(-c3cccc(/C(N)=C/C(=N\CC4=CC=CCC4)C4=CCCC=C4)c3)c1)c1ccccc21. The molecule has 0 aliphatic heterocycles. The summed E-state index contributed by atoms with van der Waals surface area (Å²) in [5.74, 6) is 0. The number of rotatable bonds is 10. The van der Waals surface area contributed by atoms with Crippen LogP contribution in [-0.4, -0.2) is 12.3 Å². The van der Waals surface area contributed by atoms with Gasteiger partial charge in [0.2, 0.25) is 0 Å². The number of allylic oxidation sites excluding steroid dienone is 11. The summed E-state index contributed by atoms with van der Waals surface area (Å²) in [6.07, 6.45) is 23.8. The highest BCUT2D eigenvalue weighted by atomic mass is 14.7. The van der Waals surface area contributed by atoms with Crippen LogP contribution in [-0.2, 0) is 5.41 Å². The maximum atomic E-state index is 6.94. The molecule has 58 heavy (non-hydrogen) atoms. The lowest BCUT2D eigenvalue weighted by molar-refractivity contribution is 0.766. The van der Waals surface area contributed by atoms with Gasteiger partial charge in [-0.3, -0.25) is 4.99 Å². The second kappa shape index (κ2) is 16.0. The Morgan fingerprint density at radius 3 is 2.26 bits per heavy atom. The van der Waals surface area contributed by atoms with E-state index in [0.717, 1.165) is 53.7 Å². The molecule has 3 aliphatic carbocycles. The van der Waals surface area contributed by atoms with Crippen molar-refractivity contribution in [2.45, 2.75) is 38.0 Å². The van der Waals surface area contributed by atoms with Crippen molar-refractivity contribution >= 4 is 22.2 Å². The lowest BCUT2D eigenvalue weighted by Crippen LogP contribution is -2.29. The van der Waals surface area contributed by atoms with E-state index in [1.54, 1.807) is 0 Å². The molecule has 0 bridgehead atoms. The zero-order valence-electron chi connectivity index (χ0n) is 33.2. The van der Waals surface area contributed by atoms with Gasteiger partial charge in [0.05, 0.1) is 17.7 Å². The van der Waals surface area contributed by atoms with Crippen LogP contribution in [0.15, 0.2) is 216 Å². The van der Waals surface area contributed by atoms with Gasteiger partial charge in [0.15, 0.2) is 0 Å². The van der Waals surface area contributed by atoms with Crippen molar-refractivity contribution in [2.24, 2.45) is 10.7 Å². The van der Waals surface area contributed by atoms with Gasteiger partial charge < -0.3 is 5.73 Å². The molecule has 1 unspecified atom stereocenters. The van der Waals surface area contributed by atoms with Crippen molar-refractivity contribution in [1.82, 2.24) is 0 Å². The Morgan fingerprint density at radius 2 is 1.48 bits per heavy atom. The quantitative estimate of drug-likeness (QED) is 0.110. The van der Waals surface area contributed by atoms with Gasteiger partial charge in [0, 0.05) is 5.70 Å². The maximum absolute atomic E-state index is 6.94. The Labute approximate surface area is 343 Å². The molecule has 2 nitrogen and oxygen atoms in total. The van der Waals surface area contributed by atoms with E-state index in [9.17, 15) is 0 Å². The molecule has 3 aliphatic rings. The standard InChI is InChI=1S/C56H48N2/c1-3-45(4-2)56(46-28-12-7-13-29-46)51-33-17-16-32-49(51)55-48-31-15-14-30-47(48)50(36-52(55)56)43-26-18-24-41(34-43)42-25-19-27-44(35-42)53(57)37-54(40-22-10-6-11-23-40)58-38-39-20-8-5-9-21-39/h3-5,7-8,10,12-20,22-37H,1,6,9,11,21,38,57H2,2H3/b45-4+,53-37-,58-54+. The van der Waals surface area contributed by atoms with Crippen LogP contribution in [0.3, 0.4) is 0 Å². The lowest BCUT2D eigenvalue weighted by atomic mass is 9.66. The van der Waals surface area contributed by atoms with Gasteiger partial charge in [-0.05, 0) is 140 Å². The van der Waals surface area contributed by atoms with Crippen LogP contribution in [0, 0.1) is 0 Å². The predicted molar refractivity (Wildman–Crippen MR) is 248 cm³/mol. The topological polar surface area (TPSA) is 38.4 Å². The van der Waals surface area contributed by atoms with Gasteiger partial charge in [0.25, 0.3) is 0 Å². The van der Waals surface area contributed by atoms with Crippen LogP contribution in [0.1, 0.15) is 54.9 Å². The third kappa shape index (κ3) is 6.55. The number of nitrogens with zero attached hydrogens (tertiary/aromatic N) is 1. The van der Waals surface area contributed by atoms with Crippen LogP contribution in [0.2, 0.25) is 0 Å². The molecule has 0 fully saturated rings. The predicted octanol–water partition coefficient (Wildman–Crippen LogP) is 13.9. The summed E-state index contributed by atoms with van der Waals surface area (Å²) in [5.41, 5.74) is 23.7. The third-order valence-electron chi connectivity index (χ3n) is 12.1. The number of benzene rings is 6. The van der Waals surface area contributed by atoms with Crippen molar-refractivity contribution in [1.29, 1.82) is 0 Å². The third-order valence-corrected chi connectivity index (χ3v) is 12.1. The lowest BCUT2D eigenvalue weighted by Gasteiger charge is -2.35. The summed E-state index contributed by atoms with van der Waals surface area (Å²) in [4.78, 5) is 5.11. The first-order chi connectivity index (χ1) is 28.6. The summed E-state index contributed by atoms with van der Waals surface area (Å²) in [5, 5.41) is 2.48. The molecule has 6 aromatic rings. The molecule has 9 rings (SSSR count). The van der Waals surface area contributed by atoms with Crippen LogP contribution in [0.25, 0.3) is 49.9 Å². The monoisotopic (exact) mass is 748 g/mol. The second-order valence-corrected chi connectivity index (χ2v) is 15.4. The number of hydrogen-bond acceptors (Lipinski definition) is 2. The molecule has 0 amide bonds. The van der Waals surface area contributed by atoms with E-state index in [1.165, 1.54) is 60.9 Å². The minimum absolute atomic E-state index is 0.520. The van der Waals surface area contributed by atoms with Gasteiger partial charge in [-0.2, -0.15) is 0 Å². The Bertz CT molecular complexity index is 2780. The van der Waals surface area contributed by atoms with E-state index < -0.39 is 5.41 Å². The molecule has 6 aromatic carbocycles. The Balaban J connectivity index is 1.16. The van der Waals surface area contributed by atoms with E-state index in [4.69, 9.17) is 10.7 Å². The van der Waals surface area contributed by atoms with Crippen molar-refractivity contribution in [3.8, 4) is 33.4 Å². The van der Waals surface area contributed by atoms with Gasteiger partial charge in [-0.1, -0.05) is 170 Å². The maximum Gasteiger partial charge on any atom is 0.0710 e. The van der Waals surface area contributed by atoms with Gasteiger partial charge >= 0.3 is 0 Å². The minimum atomic E-state index is -0.520. The van der Waals surface area contributed by atoms with E-state index in [0.29, 0.717) is 12.2 Å². The minimum Gasteiger partial charge on any atom is -0.398 e. The molecule has 0 aromatic heterocycles. The molecule has 0 saturated heterocycles. The molecule has 0 spiro atoms. The number of fused-ring (bicyclic) bond motifs is 5. The van der Waals surface area contributed by atoms with Gasteiger partial charge in [-0.25, -0.2) is 0 Å². The molecule has 2 heteroatoms. The summed E-state index contributed by atoms with van der Waals surface area (Å²) in [6, 6.07) is 48.8. The van der Waals surface area contributed by atoms with E-state index in [-0.39, 0.29) is 0 Å². The number of aliphatic imine (C=N–C) groups is 1. The van der Waals surface area contributed by atoms with Crippen LogP contribution < -0.4 is 5.73 Å². The second-order valence-electron chi connectivity index (χ2n) is 15.4. The molecule has 2 N–H and O–H groups in total. The summed E-state index contributed by atoms with van der Waals surface area (Å²) in [6.45, 7) is 7.19. The first-order valence-corrected chi connectivity index (χ1v) is 20.6. The zero-order chi connectivity index (χ0) is 39.5. The number of nitrogens with two attached hydrogens (primary N) is 1. The summed E-state index contributed by atoms with van der Waals surface area (Å²) in [7, 11) is 0. The highest BCUT2D eigenvalue weighted by molar-refractivity contribution is 6.14. The molecule has 282 valence electrons. The molecule has 1 atom stereocenters. The Kier molecular flexibility index (Phi) is 10.2. The van der Waals surface area contributed by atoms with E-state index >= 15 is 0 Å². The highest BCUT2D eigenvalue weighted by Gasteiger charge is 2.47. The molecule has 0 heterocycles.